The first-order valence-electron chi connectivity index (χ1n) is 4.88. The lowest BCUT2D eigenvalue weighted by molar-refractivity contribution is -0.123. The number of nitrogens with two attached hydrogens (primary N) is 1. The normalized spacial score (nSPS) is 21.1. The maximum Gasteiger partial charge on any atom is 0.234 e. The molecule has 1 saturated heterocycles. The molecule has 0 spiro atoms. The van der Waals surface area contributed by atoms with E-state index in [-0.39, 0.29) is 17.9 Å². The zero-order valence-corrected chi connectivity index (χ0v) is 8.45. The molecule has 0 aromatic rings. The summed E-state index contributed by atoms with van der Waals surface area (Å²) in [5, 5.41) is 2.79. The van der Waals surface area contributed by atoms with Crippen LogP contribution in [-0.2, 0) is 9.59 Å². The molecule has 0 aliphatic carbocycles. The Morgan fingerprint density at radius 1 is 1.71 bits per heavy atom. The van der Waals surface area contributed by atoms with Crippen molar-refractivity contribution in [3.8, 4) is 0 Å². The summed E-state index contributed by atoms with van der Waals surface area (Å²) >= 11 is 0. The van der Waals surface area contributed by atoms with Crippen LogP contribution in [0, 0.1) is 0 Å². The first-order valence-corrected chi connectivity index (χ1v) is 4.88. The van der Waals surface area contributed by atoms with E-state index < -0.39 is 0 Å². The minimum absolute atomic E-state index is 0.0267. The molecule has 5 nitrogen and oxygen atoms in total. The second-order valence-electron chi connectivity index (χ2n) is 3.69. The summed E-state index contributed by atoms with van der Waals surface area (Å²) < 4.78 is 0. The van der Waals surface area contributed by atoms with Crippen molar-refractivity contribution in [1.82, 2.24) is 10.2 Å². The third-order valence-corrected chi connectivity index (χ3v) is 2.41. The van der Waals surface area contributed by atoms with Gasteiger partial charge in [0.05, 0.1) is 6.54 Å². The number of carbonyl (C=O) groups is 2. The van der Waals surface area contributed by atoms with Crippen molar-refractivity contribution in [3.05, 3.63) is 0 Å². The molecule has 1 aliphatic rings. The van der Waals surface area contributed by atoms with Crippen LogP contribution in [0.3, 0.4) is 0 Å². The smallest absolute Gasteiger partial charge is 0.234 e. The Balaban J connectivity index is 2.47. The maximum atomic E-state index is 11.2. The molecule has 80 valence electrons. The summed E-state index contributed by atoms with van der Waals surface area (Å²) in [6.45, 7) is 3.85. The van der Waals surface area contributed by atoms with E-state index in [0.717, 1.165) is 19.5 Å². The van der Waals surface area contributed by atoms with Crippen LogP contribution < -0.4 is 11.1 Å². The molecule has 1 fully saturated rings. The van der Waals surface area contributed by atoms with Gasteiger partial charge in [0, 0.05) is 25.6 Å². The highest BCUT2D eigenvalue weighted by Crippen LogP contribution is 2.05. The molecule has 0 aromatic carbocycles. The van der Waals surface area contributed by atoms with Gasteiger partial charge in [0.2, 0.25) is 11.8 Å². The van der Waals surface area contributed by atoms with Crippen LogP contribution in [0.2, 0.25) is 0 Å². The minimum atomic E-state index is -0.317. The van der Waals surface area contributed by atoms with Crippen molar-refractivity contribution < 1.29 is 9.59 Å². The molecule has 2 amide bonds. The van der Waals surface area contributed by atoms with E-state index in [9.17, 15) is 9.59 Å². The van der Waals surface area contributed by atoms with Gasteiger partial charge in [0.1, 0.15) is 0 Å². The van der Waals surface area contributed by atoms with Gasteiger partial charge >= 0.3 is 0 Å². The van der Waals surface area contributed by atoms with Crippen LogP contribution in [-0.4, -0.2) is 42.4 Å². The number of hydrogen-bond acceptors (Lipinski definition) is 3. The Bertz CT molecular complexity index is 230. The van der Waals surface area contributed by atoms with Gasteiger partial charge in [0.25, 0.3) is 0 Å². The van der Waals surface area contributed by atoms with E-state index in [4.69, 9.17) is 5.73 Å². The van der Waals surface area contributed by atoms with Gasteiger partial charge in [-0.2, -0.15) is 0 Å². The van der Waals surface area contributed by atoms with Crippen LogP contribution in [0.15, 0.2) is 0 Å². The third kappa shape index (κ3) is 3.33. The van der Waals surface area contributed by atoms with Crippen LogP contribution in [0.4, 0.5) is 0 Å². The first kappa shape index (κ1) is 11.0. The second kappa shape index (κ2) is 4.95. The summed E-state index contributed by atoms with van der Waals surface area (Å²) in [4.78, 5) is 23.9. The largest absolute Gasteiger partial charge is 0.370 e. The Morgan fingerprint density at radius 3 is 3.07 bits per heavy atom. The van der Waals surface area contributed by atoms with Crippen LogP contribution in [0.1, 0.15) is 19.8 Å². The summed E-state index contributed by atoms with van der Waals surface area (Å²) in [6, 6.07) is 0.0522. The summed E-state index contributed by atoms with van der Waals surface area (Å²) in [7, 11) is 0. The highest BCUT2D eigenvalue weighted by molar-refractivity contribution is 5.78. The van der Waals surface area contributed by atoms with Gasteiger partial charge in [-0.3, -0.25) is 14.5 Å². The molecule has 1 unspecified atom stereocenters. The standard InChI is InChI=1S/C9H17N3O2/c1-7(5-8(10)13)12-4-2-3-11-9(14)6-12/h7H,2-6H2,1H3,(H2,10,13)(H,11,14). The second-order valence-corrected chi connectivity index (χ2v) is 3.69. The predicted octanol–water partition coefficient (Wildman–Crippen LogP) is -0.928. The van der Waals surface area contributed by atoms with E-state index >= 15 is 0 Å². The van der Waals surface area contributed by atoms with Gasteiger partial charge in [-0.05, 0) is 13.3 Å². The lowest BCUT2D eigenvalue weighted by Crippen LogP contribution is -2.40. The van der Waals surface area contributed by atoms with E-state index in [1.165, 1.54) is 0 Å². The van der Waals surface area contributed by atoms with Gasteiger partial charge in [-0.25, -0.2) is 0 Å². The Kier molecular flexibility index (Phi) is 3.88. The number of hydrogen-bond donors (Lipinski definition) is 2. The molecule has 0 saturated carbocycles. The van der Waals surface area contributed by atoms with Crippen LogP contribution >= 0.6 is 0 Å². The van der Waals surface area contributed by atoms with Crippen molar-refractivity contribution in [2.45, 2.75) is 25.8 Å². The average Bonchev–Trinajstić information content (AvgIpc) is 2.28. The van der Waals surface area contributed by atoms with E-state index in [1.54, 1.807) is 0 Å². The van der Waals surface area contributed by atoms with Crippen molar-refractivity contribution in [3.63, 3.8) is 0 Å². The number of carbonyl (C=O) groups excluding carboxylic acids is 2. The molecular formula is C9H17N3O2. The Labute approximate surface area is 83.6 Å². The highest BCUT2D eigenvalue weighted by atomic mass is 16.2. The van der Waals surface area contributed by atoms with Crippen molar-refractivity contribution in [1.29, 1.82) is 0 Å². The molecule has 1 rings (SSSR count). The lowest BCUT2D eigenvalue weighted by Gasteiger charge is -2.25. The van der Waals surface area contributed by atoms with Gasteiger partial charge in [0.15, 0.2) is 0 Å². The molecular weight excluding hydrogens is 182 g/mol. The van der Waals surface area contributed by atoms with E-state index in [1.807, 2.05) is 11.8 Å². The van der Waals surface area contributed by atoms with Crippen molar-refractivity contribution in [2.75, 3.05) is 19.6 Å². The fourth-order valence-electron chi connectivity index (χ4n) is 1.63. The average molecular weight is 199 g/mol. The quantitative estimate of drug-likeness (QED) is 0.616. The van der Waals surface area contributed by atoms with E-state index in [2.05, 4.69) is 5.32 Å². The molecule has 1 aliphatic heterocycles. The summed E-state index contributed by atoms with van der Waals surface area (Å²) in [5.74, 6) is -0.291. The molecule has 5 heteroatoms. The first-order chi connectivity index (χ1) is 6.59. The molecule has 1 atom stereocenters. The molecule has 0 aromatic heterocycles. The topological polar surface area (TPSA) is 75.4 Å². The fourth-order valence-corrected chi connectivity index (χ4v) is 1.63. The van der Waals surface area contributed by atoms with Crippen LogP contribution in [0.5, 0.6) is 0 Å². The predicted molar refractivity (Wildman–Crippen MR) is 52.5 cm³/mol. The van der Waals surface area contributed by atoms with Crippen molar-refractivity contribution in [2.24, 2.45) is 5.73 Å². The zero-order valence-electron chi connectivity index (χ0n) is 8.45. The monoisotopic (exact) mass is 199 g/mol. The van der Waals surface area contributed by atoms with Gasteiger partial charge in [-0.1, -0.05) is 0 Å². The number of primary amides is 1. The maximum absolute atomic E-state index is 11.2. The molecule has 14 heavy (non-hydrogen) atoms. The molecule has 3 N–H and O–H groups in total. The SMILES string of the molecule is CC(CC(N)=O)N1CCCNC(=O)C1. The summed E-state index contributed by atoms with van der Waals surface area (Å²) in [5.41, 5.74) is 5.11. The highest BCUT2D eigenvalue weighted by Gasteiger charge is 2.20. The number of nitrogens with zero attached hydrogens (tertiary/aromatic N) is 1. The minimum Gasteiger partial charge on any atom is -0.370 e. The lowest BCUT2D eigenvalue weighted by atomic mass is 10.2. The van der Waals surface area contributed by atoms with Crippen molar-refractivity contribution >= 4 is 11.8 Å². The van der Waals surface area contributed by atoms with Gasteiger partial charge < -0.3 is 11.1 Å². The fraction of sp³-hybridized carbons (Fsp3) is 0.778. The molecule has 0 bridgehead atoms. The Hall–Kier alpha value is -1.10. The Morgan fingerprint density at radius 2 is 2.43 bits per heavy atom. The molecule has 0 radical (unpaired) electrons. The number of rotatable bonds is 3. The van der Waals surface area contributed by atoms with Crippen LogP contribution in [0.25, 0.3) is 0 Å². The number of nitrogens with one attached hydrogen (secondary N) is 1. The third-order valence-electron chi connectivity index (χ3n) is 2.41. The van der Waals surface area contributed by atoms with E-state index in [0.29, 0.717) is 13.0 Å². The summed E-state index contributed by atoms with van der Waals surface area (Å²) in [6.07, 6.45) is 1.24. The number of amides is 2. The molecule has 1 heterocycles. The van der Waals surface area contributed by atoms with Gasteiger partial charge in [-0.15, -0.1) is 0 Å². The zero-order chi connectivity index (χ0) is 10.6.